The molecule has 16 heavy (non-hydrogen) atoms. The molecule has 0 aliphatic heterocycles. The lowest BCUT2D eigenvalue weighted by Crippen LogP contribution is -2.37. The summed E-state index contributed by atoms with van der Waals surface area (Å²) >= 11 is 0. The number of nitrogens with zero attached hydrogens (tertiary/aromatic N) is 1. The van der Waals surface area contributed by atoms with Gasteiger partial charge in [-0.2, -0.15) is 0 Å². The molecular formula is C12H16N2O2. The molecule has 1 N–H and O–H groups in total. The highest BCUT2D eigenvalue weighted by molar-refractivity contribution is 5.76. The number of hydrogen-bond donors (Lipinski definition) is 1. The van der Waals surface area contributed by atoms with Gasteiger partial charge in [-0.25, -0.2) is 0 Å². The Morgan fingerprint density at radius 1 is 1.44 bits per heavy atom. The second-order valence-electron chi connectivity index (χ2n) is 3.19. The van der Waals surface area contributed by atoms with Gasteiger partial charge in [0.1, 0.15) is 11.4 Å². The van der Waals surface area contributed by atoms with Crippen LogP contribution in [0.15, 0.2) is 36.5 Å². The van der Waals surface area contributed by atoms with Crippen LogP contribution >= 0.6 is 0 Å². The van der Waals surface area contributed by atoms with Crippen molar-refractivity contribution in [2.24, 2.45) is 0 Å². The van der Waals surface area contributed by atoms with Gasteiger partial charge in [-0.05, 0) is 19.1 Å². The van der Waals surface area contributed by atoms with Crippen molar-refractivity contribution in [3.8, 4) is 5.75 Å². The Hall–Kier alpha value is -1.97. The smallest absolute Gasteiger partial charge is 0.235 e. The Kier molecular flexibility index (Phi) is 4.39. The number of carbonyl (C=O) groups is 1. The SMILES string of the molecule is C/C=C\N(NC(C)=O)c1ccccc1OC. The van der Waals surface area contributed by atoms with Gasteiger partial charge < -0.3 is 4.74 Å². The minimum absolute atomic E-state index is 0.135. The highest BCUT2D eigenvalue weighted by Gasteiger charge is 2.09. The topological polar surface area (TPSA) is 41.6 Å². The van der Waals surface area contributed by atoms with Crippen LogP contribution in [0.4, 0.5) is 5.69 Å². The molecule has 1 aromatic rings. The lowest BCUT2D eigenvalue weighted by atomic mass is 10.3. The minimum atomic E-state index is -0.135. The maximum atomic E-state index is 11.1. The molecule has 1 rings (SSSR count). The molecule has 0 aliphatic rings. The van der Waals surface area contributed by atoms with E-state index >= 15 is 0 Å². The van der Waals surface area contributed by atoms with Gasteiger partial charge in [-0.3, -0.25) is 15.2 Å². The summed E-state index contributed by atoms with van der Waals surface area (Å²) in [5, 5.41) is 1.63. The van der Waals surface area contributed by atoms with Gasteiger partial charge in [0, 0.05) is 13.1 Å². The summed E-state index contributed by atoms with van der Waals surface area (Å²) in [6.07, 6.45) is 3.60. The second kappa shape index (κ2) is 5.80. The number of hydrogen-bond acceptors (Lipinski definition) is 3. The summed E-state index contributed by atoms with van der Waals surface area (Å²) in [5.74, 6) is 0.568. The molecular weight excluding hydrogens is 204 g/mol. The first-order valence-electron chi connectivity index (χ1n) is 5.01. The normalized spacial score (nSPS) is 10.2. The molecule has 1 amide bonds. The predicted molar refractivity (Wildman–Crippen MR) is 64.1 cm³/mol. The van der Waals surface area contributed by atoms with Crippen LogP contribution in [-0.4, -0.2) is 13.0 Å². The van der Waals surface area contributed by atoms with E-state index in [4.69, 9.17) is 4.74 Å². The third-order valence-electron chi connectivity index (χ3n) is 1.92. The Morgan fingerprint density at radius 3 is 2.69 bits per heavy atom. The lowest BCUT2D eigenvalue weighted by Gasteiger charge is -2.22. The third-order valence-corrected chi connectivity index (χ3v) is 1.92. The first kappa shape index (κ1) is 12.1. The van der Waals surface area contributed by atoms with E-state index in [1.165, 1.54) is 6.92 Å². The van der Waals surface area contributed by atoms with Crippen molar-refractivity contribution in [1.82, 2.24) is 5.43 Å². The number of hydrazine groups is 1. The van der Waals surface area contributed by atoms with E-state index in [2.05, 4.69) is 5.43 Å². The van der Waals surface area contributed by atoms with Gasteiger partial charge in [0.05, 0.1) is 7.11 Å². The summed E-state index contributed by atoms with van der Waals surface area (Å²) in [5.41, 5.74) is 3.49. The van der Waals surface area contributed by atoms with Crippen LogP contribution < -0.4 is 15.2 Å². The van der Waals surface area contributed by atoms with Crippen LogP contribution in [0.3, 0.4) is 0 Å². The quantitative estimate of drug-likeness (QED) is 0.790. The zero-order chi connectivity index (χ0) is 12.0. The van der Waals surface area contributed by atoms with Crippen LogP contribution in [0.5, 0.6) is 5.75 Å². The summed E-state index contributed by atoms with van der Waals surface area (Å²) in [6, 6.07) is 7.47. The molecule has 0 heterocycles. The number of nitrogens with one attached hydrogen (secondary N) is 1. The number of carbonyl (C=O) groups excluding carboxylic acids is 1. The number of anilines is 1. The number of benzene rings is 1. The first-order valence-corrected chi connectivity index (χ1v) is 5.01. The molecule has 0 unspecified atom stereocenters. The highest BCUT2D eigenvalue weighted by Crippen LogP contribution is 2.26. The van der Waals surface area contributed by atoms with Crippen molar-refractivity contribution >= 4 is 11.6 Å². The molecule has 0 aromatic heterocycles. The van der Waals surface area contributed by atoms with E-state index in [0.29, 0.717) is 5.75 Å². The Balaban J connectivity index is 3.04. The molecule has 1 aromatic carbocycles. The van der Waals surface area contributed by atoms with Crippen molar-refractivity contribution < 1.29 is 9.53 Å². The van der Waals surface area contributed by atoms with Crippen molar-refractivity contribution in [1.29, 1.82) is 0 Å². The summed E-state index contributed by atoms with van der Waals surface area (Å²) in [6.45, 7) is 3.34. The molecule has 0 radical (unpaired) electrons. The van der Waals surface area contributed by atoms with Crippen LogP contribution in [0.1, 0.15) is 13.8 Å². The average Bonchev–Trinajstić information content (AvgIpc) is 2.28. The standard InChI is InChI=1S/C12H16N2O2/c1-4-9-14(13-10(2)15)11-7-5-6-8-12(11)16-3/h4-9H,1-3H3,(H,13,15)/b9-4-. The number of para-hydroxylation sites is 2. The van der Waals surface area contributed by atoms with Gasteiger partial charge in [0.15, 0.2) is 0 Å². The Morgan fingerprint density at radius 2 is 2.12 bits per heavy atom. The predicted octanol–water partition coefficient (Wildman–Crippen LogP) is 2.09. The van der Waals surface area contributed by atoms with Crippen molar-refractivity contribution in [2.45, 2.75) is 13.8 Å². The van der Waals surface area contributed by atoms with E-state index in [9.17, 15) is 4.79 Å². The maximum Gasteiger partial charge on any atom is 0.235 e. The monoisotopic (exact) mass is 220 g/mol. The molecule has 0 aliphatic carbocycles. The molecule has 0 saturated heterocycles. The molecule has 0 bridgehead atoms. The molecule has 4 heteroatoms. The third kappa shape index (κ3) is 3.02. The van der Waals surface area contributed by atoms with E-state index in [0.717, 1.165) is 5.69 Å². The summed E-state index contributed by atoms with van der Waals surface area (Å²) in [7, 11) is 1.60. The molecule has 0 spiro atoms. The summed E-state index contributed by atoms with van der Waals surface area (Å²) < 4.78 is 5.23. The van der Waals surface area contributed by atoms with Crippen LogP contribution in [0, 0.1) is 0 Å². The number of amides is 1. The number of methoxy groups -OCH3 is 1. The first-order chi connectivity index (χ1) is 7.69. The van der Waals surface area contributed by atoms with Gasteiger partial charge in [0.2, 0.25) is 5.91 Å². The van der Waals surface area contributed by atoms with Crippen LogP contribution in [0.25, 0.3) is 0 Å². The number of allylic oxidation sites excluding steroid dienone is 1. The Bertz CT molecular complexity index is 388. The fraction of sp³-hybridized carbons (Fsp3) is 0.250. The van der Waals surface area contributed by atoms with Crippen molar-refractivity contribution in [2.75, 3.05) is 12.1 Å². The average molecular weight is 220 g/mol. The fourth-order valence-electron chi connectivity index (χ4n) is 1.33. The van der Waals surface area contributed by atoms with Crippen molar-refractivity contribution in [3.63, 3.8) is 0 Å². The van der Waals surface area contributed by atoms with Gasteiger partial charge in [-0.1, -0.05) is 18.2 Å². The van der Waals surface area contributed by atoms with Gasteiger partial charge in [-0.15, -0.1) is 0 Å². The van der Waals surface area contributed by atoms with E-state index in [1.807, 2.05) is 37.3 Å². The summed E-state index contributed by atoms with van der Waals surface area (Å²) in [4.78, 5) is 11.1. The van der Waals surface area contributed by atoms with E-state index < -0.39 is 0 Å². The highest BCUT2D eigenvalue weighted by atomic mass is 16.5. The molecule has 0 atom stereocenters. The largest absolute Gasteiger partial charge is 0.494 e. The molecule has 4 nitrogen and oxygen atoms in total. The molecule has 86 valence electrons. The van der Waals surface area contributed by atoms with E-state index in [-0.39, 0.29) is 5.91 Å². The maximum absolute atomic E-state index is 11.1. The zero-order valence-corrected chi connectivity index (χ0v) is 9.73. The van der Waals surface area contributed by atoms with Crippen molar-refractivity contribution in [3.05, 3.63) is 36.5 Å². The van der Waals surface area contributed by atoms with Crippen LogP contribution in [0.2, 0.25) is 0 Å². The van der Waals surface area contributed by atoms with E-state index in [1.54, 1.807) is 18.3 Å². The molecule has 0 saturated carbocycles. The van der Waals surface area contributed by atoms with Gasteiger partial charge >= 0.3 is 0 Å². The fourth-order valence-corrected chi connectivity index (χ4v) is 1.33. The minimum Gasteiger partial charge on any atom is -0.494 e. The lowest BCUT2D eigenvalue weighted by molar-refractivity contribution is -0.118. The number of ether oxygens (including phenoxy) is 1. The van der Waals surface area contributed by atoms with Crippen LogP contribution in [-0.2, 0) is 4.79 Å². The number of rotatable bonds is 4. The Labute approximate surface area is 95.5 Å². The second-order valence-corrected chi connectivity index (χ2v) is 3.19. The van der Waals surface area contributed by atoms with Gasteiger partial charge in [0.25, 0.3) is 0 Å². The molecule has 0 fully saturated rings. The zero-order valence-electron chi connectivity index (χ0n) is 9.73.